The highest BCUT2D eigenvalue weighted by Crippen LogP contribution is 2.40. The smallest absolute Gasteiger partial charge is 0.119 e. The number of hydrogen-bond donors (Lipinski definition) is 0. The minimum absolute atomic E-state index is 0.782. The SMILES string of the molecule is COc1ccc(-c2ccccn2)c(-c2cc(OC)ccc2-c2ccccn2)c1. The Balaban J connectivity index is 2.00. The van der Waals surface area contributed by atoms with Crippen LogP contribution in [0.25, 0.3) is 33.6 Å². The minimum Gasteiger partial charge on any atom is -0.497 e. The summed E-state index contributed by atoms with van der Waals surface area (Å²) in [6.07, 6.45) is 3.60. The summed E-state index contributed by atoms with van der Waals surface area (Å²) >= 11 is 0. The molecule has 4 aromatic rings. The number of ether oxygens (including phenoxy) is 2. The molecule has 0 unspecified atom stereocenters. The van der Waals surface area contributed by atoms with E-state index in [1.807, 2.05) is 72.8 Å². The van der Waals surface area contributed by atoms with Gasteiger partial charge in [0.15, 0.2) is 0 Å². The molecule has 4 nitrogen and oxygen atoms in total. The summed E-state index contributed by atoms with van der Waals surface area (Å²) in [5.41, 5.74) is 5.86. The maximum Gasteiger partial charge on any atom is 0.119 e. The highest BCUT2D eigenvalue weighted by molar-refractivity contribution is 5.91. The van der Waals surface area contributed by atoms with Gasteiger partial charge in [0, 0.05) is 23.5 Å². The minimum atomic E-state index is 0.782. The molecule has 0 atom stereocenters. The van der Waals surface area contributed by atoms with Gasteiger partial charge in [0.25, 0.3) is 0 Å². The molecule has 0 bridgehead atoms. The molecule has 0 saturated heterocycles. The fraction of sp³-hybridized carbons (Fsp3) is 0.0833. The third-order valence-electron chi connectivity index (χ3n) is 4.63. The molecule has 0 amide bonds. The Kier molecular flexibility index (Phi) is 5.02. The Hall–Kier alpha value is -3.66. The van der Waals surface area contributed by atoms with Crippen molar-refractivity contribution in [1.29, 1.82) is 0 Å². The molecule has 0 fully saturated rings. The van der Waals surface area contributed by atoms with Crippen molar-refractivity contribution in [1.82, 2.24) is 9.97 Å². The first-order valence-corrected chi connectivity index (χ1v) is 8.99. The Bertz CT molecular complexity index is 991. The zero-order chi connectivity index (χ0) is 19.3. The third-order valence-corrected chi connectivity index (χ3v) is 4.63. The summed E-state index contributed by atoms with van der Waals surface area (Å²) in [6.45, 7) is 0. The van der Waals surface area contributed by atoms with E-state index in [1.54, 1.807) is 26.6 Å². The van der Waals surface area contributed by atoms with Crippen LogP contribution in [0.4, 0.5) is 0 Å². The topological polar surface area (TPSA) is 44.2 Å². The molecule has 0 radical (unpaired) electrons. The molecule has 4 heteroatoms. The van der Waals surface area contributed by atoms with Gasteiger partial charge in [0.05, 0.1) is 25.6 Å². The van der Waals surface area contributed by atoms with Crippen molar-refractivity contribution < 1.29 is 9.47 Å². The molecule has 0 aliphatic carbocycles. The lowest BCUT2D eigenvalue weighted by atomic mass is 9.91. The van der Waals surface area contributed by atoms with Crippen LogP contribution in [0.1, 0.15) is 0 Å². The van der Waals surface area contributed by atoms with Crippen molar-refractivity contribution in [3.05, 3.63) is 85.2 Å². The second kappa shape index (κ2) is 7.92. The monoisotopic (exact) mass is 368 g/mol. The van der Waals surface area contributed by atoms with Crippen LogP contribution in [0.2, 0.25) is 0 Å². The van der Waals surface area contributed by atoms with Crippen molar-refractivity contribution in [2.45, 2.75) is 0 Å². The molecule has 0 aliphatic rings. The first-order chi connectivity index (χ1) is 13.8. The largest absolute Gasteiger partial charge is 0.497 e. The Morgan fingerprint density at radius 3 is 1.36 bits per heavy atom. The van der Waals surface area contributed by atoms with E-state index in [9.17, 15) is 0 Å². The van der Waals surface area contributed by atoms with Gasteiger partial charge >= 0.3 is 0 Å². The van der Waals surface area contributed by atoms with Crippen molar-refractivity contribution >= 4 is 0 Å². The van der Waals surface area contributed by atoms with E-state index < -0.39 is 0 Å². The standard InChI is InChI=1S/C24H20N2O2/c1-27-17-9-11-19(23-7-3-5-13-25-23)21(15-17)22-16-18(28-2)10-12-20(22)24-8-4-6-14-26-24/h3-16H,1-2H3. The molecule has 138 valence electrons. The van der Waals surface area contributed by atoms with Gasteiger partial charge in [-0.15, -0.1) is 0 Å². The molecule has 2 aromatic carbocycles. The fourth-order valence-corrected chi connectivity index (χ4v) is 3.24. The van der Waals surface area contributed by atoms with E-state index in [0.717, 1.165) is 45.1 Å². The summed E-state index contributed by atoms with van der Waals surface area (Å²) in [4.78, 5) is 9.10. The fourth-order valence-electron chi connectivity index (χ4n) is 3.24. The molecule has 4 rings (SSSR count). The van der Waals surface area contributed by atoms with Crippen LogP contribution in [-0.4, -0.2) is 24.2 Å². The molecule has 2 heterocycles. The predicted molar refractivity (Wildman–Crippen MR) is 111 cm³/mol. The molecule has 0 aliphatic heterocycles. The van der Waals surface area contributed by atoms with E-state index >= 15 is 0 Å². The number of hydrogen-bond acceptors (Lipinski definition) is 4. The van der Waals surface area contributed by atoms with Gasteiger partial charge in [0.1, 0.15) is 11.5 Å². The zero-order valence-electron chi connectivity index (χ0n) is 15.8. The van der Waals surface area contributed by atoms with Gasteiger partial charge in [-0.1, -0.05) is 12.1 Å². The first-order valence-electron chi connectivity index (χ1n) is 8.99. The number of benzene rings is 2. The summed E-state index contributed by atoms with van der Waals surface area (Å²) in [7, 11) is 3.34. The van der Waals surface area contributed by atoms with Gasteiger partial charge < -0.3 is 9.47 Å². The van der Waals surface area contributed by atoms with Crippen LogP contribution in [-0.2, 0) is 0 Å². The maximum absolute atomic E-state index is 5.50. The van der Waals surface area contributed by atoms with Gasteiger partial charge in [0.2, 0.25) is 0 Å². The molecular formula is C24H20N2O2. The third kappa shape index (κ3) is 3.45. The summed E-state index contributed by atoms with van der Waals surface area (Å²) < 4.78 is 11.0. The summed E-state index contributed by atoms with van der Waals surface area (Å²) in [5, 5.41) is 0. The maximum atomic E-state index is 5.50. The molecule has 0 saturated carbocycles. The van der Waals surface area contributed by atoms with Gasteiger partial charge in [-0.25, -0.2) is 0 Å². The van der Waals surface area contributed by atoms with Crippen LogP contribution in [0.3, 0.4) is 0 Å². The first kappa shape index (κ1) is 17.7. The number of rotatable bonds is 5. The lowest BCUT2D eigenvalue weighted by Gasteiger charge is -2.16. The highest BCUT2D eigenvalue weighted by Gasteiger charge is 2.16. The van der Waals surface area contributed by atoms with E-state index in [1.165, 1.54) is 0 Å². The van der Waals surface area contributed by atoms with Crippen LogP contribution < -0.4 is 9.47 Å². The van der Waals surface area contributed by atoms with E-state index in [4.69, 9.17) is 9.47 Å². The van der Waals surface area contributed by atoms with Crippen LogP contribution >= 0.6 is 0 Å². The van der Waals surface area contributed by atoms with Gasteiger partial charge in [-0.3, -0.25) is 9.97 Å². The average Bonchev–Trinajstić information content (AvgIpc) is 2.79. The van der Waals surface area contributed by atoms with Crippen molar-refractivity contribution in [2.24, 2.45) is 0 Å². The molecule has 0 spiro atoms. The zero-order valence-corrected chi connectivity index (χ0v) is 15.8. The molecule has 28 heavy (non-hydrogen) atoms. The van der Waals surface area contributed by atoms with E-state index in [0.29, 0.717) is 0 Å². The van der Waals surface area contributed by atoms with Crippen LogP contribution in [0, 0.1) is 0 Å². The van der Waals surface area contributed by atoms with Crippen molar-refractivity contribution in [2.75, 3.05) is 14.2 Å². The molecule has 2 aromatic heterocycles. The van der Waals surface area contributed by atoms with Crippen molar-refractivity contribution in [3.63, 3.8) is 0 Å². The van der Waals surface area contributed by atoms with Crippen LogP contribution in [0.15, 0.2) is 85.2 Å². The number of aromatic nitrogens is 2. The number of methoxy groups -OCH3 is 2. The summed E-state index contributed by atoms with van der Waals surface area (Å²) in [5.74, 6) is 1.56. The van der Waals surface area contributed by atoms with Crippen molar-refractivity contribution in [3.8, 4) is 45.1 Å². The van der Waals surface area contributed by atoms with E-state index in [-0.39, 0.29) is 0 Å². The van der Waals surface area contributed by atoms with Crippen LogP contribution in [0.5, 0.6) is 11.5 Å². The lowest BCUT2D eigenvalue weighted by molar-refractivity contribution is 0.414. The Morgan fingerprint density at radius 1 is 0.536 bits per heavy atom. The summed E-state index contributed by atoms with van der Waals surface area (Å²) in [6, 6.07) is 23.9. The normalized spacial score (nSPS) is 10.5. The predicted octanol–water partition coefficient (Wildman–Crippen LogP) is 5.49. The molecular weight excluding hydrogens is 348 g/mol. The highest BCUT2D eigenvalue weighted by atomic mass is 16.5. The van der Waals surface area contributed by atoms with Gasteiger partial charge in [-0.05, 0) is 71.8 Å². The Labute approximate surface area is 164 Å². The van der Waals surface area contributed by atoms with Gasteiger partial charge in [-0.2, -0.15) is 0 Å². The average molecular weight is 368 g/mol. The lowest BCUT2D eigenvalue weighted by Crippen LogP contribution is -1.94. The molecule has 0 N–H and O–H groups in total. The van der Waals surface area contributed by atoms with E-state index in [2.05, 4.69) is 9.97 Å². The Morgan fingerprint density at radius 2 is 1.00 bits per heavy atom. The number of nitrogens with zero attached hydrogens (tertiary/aromatic N) is 2. The second-order valence-corrected chi connectivity index (χ2v) is 6.25. The number of pyridine rings is 2. The second-order valence-electron chi connectivity index (χ2n) is 6.25. The quantitative estimate of drug-likeness (QED) is 0.467.